The molecule has 0 aliphatic heterocycles. The van der Waals surface area contributed by atoms with E-state index in [1.165, 1.54) is 32.9 Å². The van der Waals surface area contributed by atoms with Gasteiger partial charge < -0.3 is 44.9 Å². The normalized spacial score (nSPS) is 10.4. The van der Waals surface area contributed by atoms with E-state index in [2.05, 4.69) is 30.1 Å². The zero-order valence-electron chi connectivity index (χ0n) is 41.9. The van der Waals surface area contributed by atoms with E-state index >= 15 is 0 Å². The van der Waals surface area contributed by atoms with Crippen LogP contribution >= 0.6 is 7.60 Å². The lowest BCUT2D eigenvalue weighted by Gasteiger charge is -2.23. The molecule has 0 aromatic heterocycles. The number of terminal acetylenes is 1. The van der Waals surface area contributed by atoms with Crippen molar-refractivity contribution in [1.29, 1.82) is 0 Å². The number of nitrogens with zero attached hydrogens (tertiary/aromatic N) is 3. The Morgan fingerprint density at radius 2 is 1.17 bits per heavy atom. The molecule has 366 valence electrons. The topological polar surface area (TPSA) is 284 Å². The molecule has 1 rings (SSSR count). The summed E-state index contributed by atoms with van der Waals surface area (Å²) in [6, 6.07) is 9.60. The van der Waals surface area contributed by atoms with Gasteiger partial charge in [-0.3, -0.25) is 28.8 Å². The van der Waals surface area contributed by atoms with E-state index in [1.807, 2.05) is 92.6 Å². The summed E-state index contributed by atoms with van der Waals surface area (Å²) in [6.07, 6.45) is 5.99. The minimum Gasteiger partial charge on any atom is -0.481 e. The molecule has 0 bridgehead atoms. The van der Waals surface area contributed by atoms with Gasteiger partial charge in [-0.05, 0) is 61.0 Å². The molecule has 0 spiro atoms. The number of hydrogen-bond acceptors (Lipinski definition) is 14. The number of benzene rings is 1. The minimum atomic E-state index is -3.70. The number of nitrogens with two attached hydrogens (primary N) is 1. The lowest BCUT2D eigenvalue weighted by molar-refractivity contribution is -0.177. The Kier molecular flexibility index (Phi) is 42.5. The number of ether oxygens (including phenoxy) is 1. The van der Waals surface area contributed by atoms with Crippen molar-refractivity contribution in [2.75, 3.05) is 42.5 Å². The molecular weight excluding hydrogens is 841 g/mol. The fourth-order valence-electron chi connectivity index (χ4n) is 1.88. The van der Waals surface area contributed by atoms with Crippen LogP contribution in [0.3, 0.4) is 0 Å². The van der Waals surface area contributed by atoms with Gasteiger partial charge in [-0.2, -0.15) is 4.79 Å². The first-order valence-electron chi connectivity index (χ1n) is 19.0. The monoisotopic (exact) mass is 922 g/mol. The number of amides is 1. The van der Waals surface area contributed by atoms with Crippen molar-refractivity contribution < 1.29 is 71.8 Å². The number of carboxylic acids is 2. The van der Waals surface area contributed by atoms with Gasteiger partial charge in [0.1, 0.15) is 18.4 Å². The molecule has 0 aliphatic rings. The fourth-order valence-corrected chi connectivity index (χ4v) is 2.87. The van der Waals surface area contributed by atoms with Gasteiger partial charge in [0, 0.05) is 58.4 Å². The third kappa shape index (κ3) is 53.4. The van der Waals surface area contributed by atoms with Crippen LogP contribution in [0.4, 0.5) is 0 Å². The third-order valence-electron chi connectivity index (χ3n) is 5.82. The van der Waals surface area contributed by atoms with Crippen molar-refractivity contribution in [3.63, 3.8) is 0 Å². The molecule has 0 atom stereocenters. The van der Waals surface area contributed by atoms with Crippen molar-refractivity contribution in [3.05, 3.63) is 41.4 Å². The number of esters is 1. The maximum Gasteiger partial charge on any atom is 0.446 e. The Morgan fingerprint density at radius 1 is 0.841 bits per heavy atom. The largest absolute Gasteiger partial charge is 0.481 e. The van der Waals surface area contributed by atoms with Crippen LogP contribution in [0, 0.1) is 34.0 Å². The highest BCUT2D eigenvalue weighted by Crippen LogP contribution is 2.47. The van der Waals surface area contributed by atoms with E-state index < -0.39 is 41.7 Å². The Labute approximate surface area is 377 Å². The highest BCUT2D eigenvalue weighted by molar-refractivity contribution is 7.74. The molecule has 5 N–H and O–H groups in total. The number of aldehydes is 1. The lowest BCUT2D eigenvalue weighted by Crippen LogP contribution is -2.41. The molecule has 1 aromatic rings. The SMILES string of the molecule is C#CC(C)(C)C.CC(=O)OCc1ccccc1.CC(C)(C)C(=O)O.CC(C)(C)C=O.CC(C)(N)C(=O)O.CNOC.CON(C)C(=O)C(C)(C)C.COP(=O)(OC)C(=[N+]=[N-])C(C)=O. The number of aliphatic carboxylic acids is 2. The fraction of sp³-hybridized carbons (Fsp3) is 0.651. The van der Waals surface area contributed by atoms with Crippen LogP contribution in [-0.4, -0.2) is 109 Å². The van der Waals surface area contributed by atoms with Gasteiger partial charge in [0.2, 0.25) is 5.78 Å². The summed E-state index contributed by atoms with van der Waals surface area (Å²) in [5.74, 6) is -0.0547. The van der Waals surface area contributed by atoms with Gasteiger partial charge >= 0.3 is 31.0 Å². The van der Waals surface area contributed by atoms with Gasteiger partial charge in [0.25, 0.3) is 5.91 Å². The van der Waals surface area contributed by atoms with Crippen LogP contribution < -0.4 is 11.2 Å². The summed E-state index contributed by atoms with van der Waals surface area (Å²) in [7, 11) is 4.85. The maximum absolute atomic E-state index is 11.4. The average Bonchev–Trinajstić information content (AvgIpc) is 3.16. The van der Waals surface area contributed by atoms with Gasteiger partial charge in [0.15, 0.2) is 0 Å². The second-order valence-electron chi connectivity index (χ2n) is 17.2. The van der Waals surface area contributed by atoms with Crippen LogP contribution in [0.25, 0.3) is 5.53 Å². The van der Waals surface area contributed by atoms with Crippen LogP contribution in [0.5, 0.6) is 0 Å². The molecule has 20 heteroatoms. The summed E-state index contributed by atoms with van der Waals surface area (Å²) in [4.78, 5) is 73.6. The number of nitrogens with one attached hydrogen (secondary N) is 1. The molecule has 19 nitrogen and oxygen atoms in total. The maximum atomic E-state index is 11.4. The smallest absolute Gasteiger partial charge is 0.446 e. The standard InChI is InChI=1S/C9H10O2.C7H15NO2.C6H10.C5H9N2O4P.C5H10O2.C5H10O.C4H9NO2.C2H7NO/c1-8(10)11-7-9-5-3-2-4-6-9;1-7(2,3)6(9)8(4)10-5;1-5-6(2,3)4;1-4(8)5(7-6)12(9,10-2)11-3;1-5(2,3)4(6)7;1-5(2,3)4-6;1-4(2,5)3(6)7;1-3-4-2/h2-6H,7H2,1H3;1-5H3;1H,2-4H3;1-3H3;1-3H3,(H,6,7);4H,1-3H3;5H2,1-2H3,(H,6,7);3H,1-2H3. The van der Waals surface area contributed by atoms with E-state index in [0.29, 0.717) is 6.61 Å². The first-order valence-corrected chi connectivity index (χ1v) is 20.5. The summed E-state index contributed by atoms with van der Waals surface area (Å²) in [5, 5.41) is 17.6. The van der Waals surface area contributed by atoms with E-state index in [-0.39, 0.29) is 28.1 Å². The predicted octanol–water partition coefficient (Wildman–Crippen LogP) is 7.08. The zero-order chi connectivity index (χ0) is 52.2. The summed E-state index contributed by atoms with van der Waals surface area (Å²) >= 11 is 0. The van der Waals surface area contributed by atoms with Crippen molar-refractivity contribution in [3.8, 4) is 12.3 Å². The molecule has 0 saturated carbocycles. The quantitative estimate of drug-likeness (QED) is 0.0281. The Hall–Kier alpha value is -4.63. The second kappa shape index (κ2) is 36.8. The number of carbonyl (C=O) groups excluding carboxylic acids is 4. The molecule has 0 saturated heterocycles. The van der Waals surface area contributed by atoms with Crippen LogP contribution in [-0.2, 0) is 63.4 Å². The van der Waals surface area contributed by atoms with Crippen molar-refractivity contribution >= 4 is 48.9 Å². The molecule has 0 unspecified atom stereocenters. The number of Topliss-reactive ketones (excluding diaryl/α,β-unsaturated/α-hetero) is 1. The summed E-state index contributed by atoms with van der Waals surface area (Å²) in [6.45, 7) is 27.9. The number of carbonyl (C=O) groups is 6. The number of hydroxylamine groups is 3. The summed E-state index contributed by atoms with van der Waals surface area (Å²) < 4.78 is 25.0. The lowest BCUT2D eigenvalue weighted by atomic mass is 9.96. The van der Waals surface area contributed by atoms with E-state index in [4.69, 9.17) is 37.5 Å². The first kappa shape index (κ1) is 72.8. The number of rotatable bonds is 9. The molecule has 0 aliphatic carbocycles. The number of hydrogen-bond donors (Lipinski definition) is 4. The van der Waals surface area contributed by atoms with Crippen molar-refractivity contribution in [2.45, 2.75) is 123 Å². The molecule has 0 heterocycles. The highest BCUT2D eigenvalue weighted by atomic mass is 31.2. The molecule has 1 amide bonds. The Balaban J connectivity index is -0.000000116. The van der Waals surface area contributed by atoms with E-state index in [0.717, 1.165) is 33.0 Å². The molecule has 0 radical (unpaired) electrons. The second-order valence-corrected chi connectivity index (χ2v) is 19.4. The predicted molar refractivity (Wildman–Crippen MR) is 245 cm³/mol. The highest BCUT2D eigenvalue weighted by Gasteiger charge is 2.41. The Bertz CT molecular complexity index is 1560. The number of carboxylic acid groups (broad SMARTS) is 2. The van der Waals surface area contributed by atoms with Gasteiger partial charge in [0.05, 0.1) is 19.6 Å². The van der Waals surface area contributed by atoms with Crippen LogP contribution in [0.1, 0.15) is 116 Å². The average molecular weight is 922 g/mol. The van der Waals surface area contributed by atoms with Crippen molar-refractivity contribution in [2.24, 2.45) is 27.4 Å². The van der Waals surface area contributed by atoms with Gasteiger partial charge in [-0.1, -0.05) is 71.9 Å². The van der Waals surface area contributed by atoms with Crippen molar-refractivity contribution in [1.82, 2.24) is 10.5 Å². The number of ketones is 1. The molecule has 1 aromatic carbocycles. The van der Waals surface area contributed by atoms with Crippen LogP contribution in [0.2, 0.25) is 0 Å². The first-order chi connectivity index (χ1) is 28.1. The van der Waals surface area contributed by atoms with Crippen LogP contribution in [0.15, 0.2) is 30.3 Å². The van der Waals surface area contributed by atoms with E-state index in [1.54, 1.807) is 42.0 Å². The molecule has 0 fully saturated rings. The zero-order valence-corrected chi connectivity index (χ0v) is 42.8. The van der Waals surface area contributed by atoms with E-state index in [9.17, 15) is 33.3 Å². The summed E-state index contributed by atoms with van der Waals surface area (Å²) in [5.41, 5.74) is 14.2. The van der Waals surface area contributed by atoms with Gasteiger partial charge in [-0.15, -0.1) is 12.3 Å². The third-order valence-corrected chi connectivity index (χ3v) is 7.70. The molecular formula is C43H80N5O14P. The minimum absolute atomic E-state index is 0.0185. The Morgan fingerprint density at radius 3 is 1.30 bits per heavy atom. The van der Waals surface area contributed by atoms with Gasteiger partial charge in [-0.25, -0.2) is 15.1 Å². The molecule has 63 heavy (non-hydrogen) atoms.